The van der Waals surface area contributed by atoms with E-state index in [1.165, 1.54) is 0 Å². The third-order valence-corrected chi connectivity index (χ3v) is 6.26. The Hall–Kier alpha value is -2.21. The van der Waals surface area contributed by atoms with E-state index in [2.05, 4.69) is 15.0 Å². The van der Waals surface area contributed by atoms with Gasteiger partial charge >= 0.3 is 0 Å². The smallest absolute Gasteiger partial charge is 0.242 e. The Balaban J connectivity index is 0.00000272. The van der Waals surface area contributed by atoms with Crippen LogP contribution in [0.15, 0.2) is 6.33 Å². The van der Waals surface area contributed by atoms with Crippen LogP contribution >= 0.6 is 12.4 Å². The predicted octanol–water partition coefficient (Wildman–Crippen LogP) is 0.223. The molecule has 1 amide bonds. The van der Waals surface area contributed by atoms with E-state index < -0.39 is 22.8 Å². The molecule has 0 saturated carbocycles. The molecule has 1 spiro atoms. The van der Waals surface area contributed by atoms with E-state index in [9.17, 15) is 9.90 Å². The van der Waals surface area contributed by atoms with Crippen molar-refractivity contribution < 1.29 is 14.6 Å². The number of hydrogen-bond acceptors (Lipinski definition) is 9. The number of aromatic nitrogens is 4. The lowest BCUT2D eigenvalue weighted by Crippen LogP contribution is -2.60. The van der Waals surface area contributed by atoms with Crippen LogP contribution < -0.4 is 17.2 Å². The van der Waals surface area contributed by atoms with E-state index in [1.807, 2.05) is 0 Å². The molecular formula is C19H31ClN8O3. The maximum atomic E-state index is 12.5. The van der Waals surface area contributed by atoms with E-state index in [1.54, 1.807) is 36.6 Å². The number of hydrogen-bond donors (Lipinski definition) is 4. The lowest BCUT2D eigenvalue weighted by molar-refractivity contribution is -0.197. The number of fused-ring (bicyclic) bond motifs is 1. The van der Waals surface area contributed by atoms with Crippen molar-refractivity contribution >= 4 is 41.2 Å². The Morgan fingerprint density at radius 2 is 1.94 bits per heavy atom. The minimum atomic E-state index is -1.08. The number of ether oxygens (including phenoxy) is 1. The van der Waals surface area contributed by atoms with Crippen molar-refractivity contribution in [3.8, 4) is 0 Å². The number of imidazole rings is 1. The Bertz CT molecular complexity index is 978. The van der Waals surface area contributed by atoms with Crippen LogP contribution in [-0.4, -0.2) is 71.9 Å². The van der Waals surface area contributed by atoms with E-state index >= 15 is 0 Å². The maximum absolute atomic E-state index is 12.5. The molecule has 0 unspecified atom stereocenters. The van der Waals surface area contributed by atoms with Gasteiger partial charge in [-0.25, -0.2) is 4.98 Å². The summed E-state index contributed by atoms with van der Waals surface area (Å²) in [5, 5.41) is 11.4. The quantitative estimate of drug-likeness (QED) is 0.495. The first-order chi connectivity index (χ1) is 13.9. The van der Waals surface area contributed by atoms with E-state index in [0.717, 1.165) is 0 Å². The van der Waals surface area contributed by atoms with Crippen molar-refractivity contribution in [1.29, 1.82) is 0 Å². The number of piperidine rings is 1. The summed E-state index contributed by atoms with van der Waals surface area (Å²) in [5.74, 6) is 0.177. The van der Waals surface area contributed by atoms with Crippen LogP contribution in [0, 0.1) is 0 Å². The van der Waals surface area contributed by atoms with Gasteiger partial charge in [0.2, 0.25) is 11.9 Å². The highest BCUT2D eigenvalue weighted by Gasteiger charge is 2.50. The summed E-state index contributed by atoms with van der Waals surface area (Å²) in [4.78, 5) is 26.7. The van der Waals surface area contributed by atoms with E-state index in [-0.39, 0.29) is 36.7 Å². The largest absolute Gasteiger partial charge is 0.388 e. The highest BCUT2D eigenvalue weighted by molar-refractivity contribution is 5.85. The van der Waals surface area contributed by atoms with Crippen LogP contribution in [0.1, 0.15) is 46.1 Å². The number of anilines is 2. The highest BCUT2D eigenvalue weighted by Crippen LogP contribution is 2.44. The van der Waals surface area contributed by atoms with Gasteiger partial charge in [0.15, 0.2) is 11.5 Å². The maximum Gasteiger partial charge on any atom is 0.242 e. The van der Waals surface area contributed by atoms with Gasteiger partial charge < -0.3 is 36.5 Å². The van der Waals surface area contributed by atoms with Gasteiger partial charge in [0.25, 0.3) is 0 Å². The minimum Gasteiger partial charge on any atom is -0.388 e. The van der Waals surface area contributed by atoms with Crippen LogP contribution in [-0.2, 0) is 9.53 Å². The fourth-order valence-corrected chi connectivity index (χ4v) is 4.67. The van der Waals surface area contributed by atoms with Crippen molar-refractivity contribution in [2.45, 2.75) is 62.8 Å². The fraction of sp³-hybridized carbons (Fsp3) is 0.684. The summed E-state index contributed by atoms with van der Waals surface area (Å²) in [7, 11) is 0. The number of nitrogen functional groups attached to an aromatic ring is 2. The number of carbonyl (C=O) groups excluding carboxylic acids is 1. The number of halogens is 1. The highest BCUT2D eigenvalue weighted by atomic mass is 35.5. The molecule has 0 aromatic carbocycles. The first-order valence-corrected chi connectivity index (χ1v) is 10.1. The van der Waals surface area contributed by atoms with Gasteiger partial charge in [0.05, 0.1) is 35.7 Å². The van der Waals surface area contributed by atoms with E-state index in [0.29, 0.717) is 43.5 Å². The van der Waals surface area contributed by atoms with Crippen LogP contribution in [0.5, 0.6) is 0 Å². The standard InChI is InChI=1S/C19H30N8O3.ClH/c1-17(2,22)15(28)26-6-4-19(5-7-26)9-18(3,29)11(8-30-19)27-10-23-12-13(20)24-16(21)25-14(12)27;/h10-11,29H,4-9,22H2,1-3H3,(H4,20,21,24,25);1H/t11-,18-;/m1./s1. The Morgan fingerprint density at radius 1 is 1.29 bits per heavy atom. The van der Waals surface area contributed by atoms with Gasteiger partial charge in [0.1, 0.15) is 5.52 Å². The molecule has 2 fully saturated rings. The molecule has 31 heavy (non-hydrogen) atoms. The zero-order valence-electron chi connectivity index (χ0n) is 18.0. The molecular weight excluding hydrogens is 424 g/mol. The summed E-state index contributed by atoms with van der Waals surface area (Å²) in [6, 6.07) is -0.413. The summed E-state index contributed by atoms with van der Waals surface area (Å²) in [6.07, 6.45) is 3.30. The van der Waals surface area contributed by atoms with Crippen molar-refractivity contribution in [2.24, 2.45) is 5.73 Å². The third kappa shape index (κ3) is 4.14. The lowest BCUT2D eigenvalue weighted by Gasteiger charge is -2.51. The zero-order chi connectivity index (χ0) is 21.9. The molecule has 0 bridgehead atoms. The number of nitrogens with zero attached hydrogens (tertiary/aromatic N) is 5. The molecule has 2 aliphatic rings. The molecule has 7 N–H and O–H groups in total. The summed E-state index contributed by atoms with van der Waals surface area (Å²) >= 11 is 0. The predicted molar refractivity (Wildman–Crippen MR) is 118 cm³/mol. The molecule has 2 aromatic rings. The first kappa shape index (κ1) is 23.5. The van der Waals surface area contributed by atoms with Crippen LogP contribution in [0.3, 0.4) is 0 Å². The second-order valence-electron chi connectivity index (χ2n) is 9.35. The molecule has 172 valence electrons. The number of likely N-dealkylation sites (tertiary alicyclic amines) is 1. The molecule has 0 radical (unpaired) electrons. The second-order valence-corrected chi connectivity index (χ2v) is 9.35. The average molecular weight is 455 g/mol. The summed E-state index contributed by atoms with van der Waals surface area (Å²) in [6.45, 7) is 6.60. The third-order valence-electron chi connectivity index (χ3n) is 6.26. The van der Waals surface area contributed by atoms with Crippen molar-refractivity contribution in [1.82, 2.24) is 24.4 Å². The number of amides is 1. The molecule has 2 aromatic heterocycles. The lowest BCUT2D eigenvalue weighted by atomic mass is 9.75. The number of aliphatic hydroxyl groups is 1. The fourth-order valence-electron chi connectivity index (χ4n) is 4.67. The number of carbonyl (C=O) groups is 1. The van der Waals surface area contributed by atoms with Gasteiger partial charge in [-0.2, -0.15) is 9.97 Å². The van der Waals surface area contributed by atoms with Crippen LogP contribution in [0.4, 0.5) is 11.8 Å². The topological polar surface area (TPSA) is 171 Å². The molecule has 2 saturated heterocycles. The number of rotatable bonds is 2. The monoisotopic (exact) mass is 454 g/mol. The van der Waals surface area contributed by atoms with Crippen LogP contribution in [0.25, 0.3) is 11.2 Å². The number of nitrogens with two attached hydrogens (primary N) is 3. The van der Waals surface area contributed by atoms with E-state index in [4.69, 9.17) is 21.9 Å². The van der Waals surface area contributed by atoms with Crippen molar-refractivity contribution in [2.75, 3.05) is 31.2 Å². The van der Waals surface area contributed by atoms with Gasteiger partial charge in [-0.1, -0.05) is 0 Å². The molecule has 4 rings (SSSR count). The molecule has 12 heteroatoms. The normalized spacial score (nSPS) is 26.1. The Labute approximate surface area is 186 Å². The van der Waals surface area contributed by atoms with Gasteiger partial charge in [-0.3, -0.25) is 4.79 Å². The molecule has 11 nitrogen and oxygen atoms in total. The van der Waals surface area contributed by atoms with Crippen LogP contribution in [0.2, 0.25) is 0 Å². The molecule has 2 atom stereocenters. The molecule has 2 aliphatic heterocycles. The van der Waals surface area contributed by atoms with Gasteiger partial charge in [-0.15, -0.1) is 12.4 Å². The molecule has 0 aliphatic carbocycles. The summed E-state index contributed by atoms with van der Waals surface area (Å²) < 4.78 is 8.07. The summed E-state index contributed by atoms with van der Waals surface area (Å²) in [5.41, 5.74) is 16.1. The van der Waals surface area contributed by atoms with Crippen molar-refractivity contribution in [3.05, 3.63) is 6.33 Å². The minimum absolute atomic E-state index is 0. The second kappa shape index (κ2) is 7.73. The Kier molecular flexibility index (Phi) is 5.85. The molecule has 4 heterocycles. The SMILES string of the molecule is CC(C)(N)C(=O)N1CCC2(CC1)C[C@@](C)(O)[C@H](n1cnc3c(N)nc(N)nc31)CO2.Cl. The van der Waals surface area contributed by atoms with Crippen molar-refractivity contribution in [3.63, 3.8) is 0 Å². The Morgan fingerprint density at radius 3 is 2.52 bits per heavy atom. The van der Waals surface area contributed by atoms with Gasteiger partial charge in [0, 0.05) is 19.5 Å². The average Bonchev–Trinajstić information content (AvgIpc) is 3.04. The first-order valence-electron chi connectivity index (χ1n) is 10.1. The zero-order valence-corrected chi connectivity index (χ0v) is 18.9. The van der Waals surface area contributed by atoms with Gasteiger partial charge in [-0.05, 0) is 33.6 Å².